The van der Waals surface area contributed by atoms with Crippen molar-refractivity contribution in [2.45, 2.75) is 52.0 Å². The Morgan fingerprint density at radius 1 is 1.43 bits per heavy atom. The highest BCUT2D eigenvalue weighted by Gasteiger charge is 2.20. The number of hydrogen-bond donors (Lipinski definition) is 0. The van der Waals surface area contributed by atoms with E-state index in [1.165, 1.54) is 24.1 Å². The van der Waals surface area contributed by atoms with Crippen LogP contribution in [0.4, 0.5) is 0 Å². The lowest BCUT2D eigenvalue weighted by atomic mass is 9.98. The lowest BCUT2D eigenvalue weighted by molar-refractivity contribution is 0.474. The number of aromatic nitrogens is 2. The molecule has 0 aliphatic heterocycles. The fourth-order valence-corrected chi connectivity index (χ4v) is 2.41. The summed E-state index contributed by atoms with van der Waals surface area (Å²) in [6.45, 7) is 4.34. The maximum atomic E-state index is 6.32. The van der Waals surface area contributed by atoms with Crippen molar-refractivity contribution < 1.29 is 0 Å². The van der Waals surface area contributed by atoms with E-state index in [1.54, 1.807) is 0 Å². The van der Waals surface area contributed by atoms with E-state index in [2.05, 4.69) is 18.9 Å². The molecule has 0 N–H and O–H groups in total. The first kappa shape index (κ1) is 10.0. The van der Waals surface area contributed by atoms with Crippen LogP contribution in [0, 0.1) is 0 Å². The molecule has 14 heavy (non-hydrogen) atoms. The van der Waals surface area contributed by atoms with Gasteiger partial charge in [0.25, 0.3) is 0 Å². The Balaban J connectivity index is 2.38. The molecular weight excluding hydrogens is 196 g/mol. The first-order valence-corrected chi connectivity index (χ1v) is 5.87. The first-order valence-electron chi connectivity index (χ1n) is 5.49. The number of aryl methyl sites for hydroxylation is 1. The van der Waals surface area contributed by atoms with Gasteiger partial charge in [-0.2, -0.15) is 5.10 Å². The van der Waals surface area contributed by atoms with E-state index in [-0.39, 0.29) is 0 Å². The summed E-state index contributed by atoms with van der Waals surface area (Å²) in [7, 11) is 0. The van der Waals surface area contributed by atoms with Crippen LogP contribution in [0.25, 0.3) is 0 Å². The summed E-state index contributed by atoms with van der Waals surface area (Å²) in [5, 5.41) is 5.49. The van der Waals surface area contributed by atoms with Gasteiger partial charge in [0.1, 0.15) is 5.15 Å². The highest BCUT2D eigenvalue weighted by atomic mass is 35.5. The van der Waals surface area contributed by atoms with Crippen LogP contribution in [0.15, 0.2) is 0 Å². The Morgan fingerprint density at radius 3 is 2.79 bits per heavy atom. The molecule has 2 nitrogen and oxygen atoms in total. The van der Waals surface area contributed by atoms with Crippen molar-refractivity contribution in [1.29, 1.82) is 0 Å². The van der Waals surface area contributed by atoms with Gasteiger partial charge >= 0.3 is 0 Å². The summed E-state index contributed by atoms with van der Waals surface area (Å²) in [6, 6.07) is 0.424. The molecule has 1 aliphatic rings. The SMILES string of the molecule is CCC(C)n1nc2c(c1Cl)CCCC2. The van der Waals surface area contributed by atoms with Crippen molar-refractivity contribution in [3.8, 4) is 0 Å². The Morgan fingerprint density at radius 2 is 2.14 bits per heavy atom. The molecule has 0 radical (unpaired) electrons. The molecular formula is C11H17ClN2. The lowest BCUT2D eigenvalue weighted by Gasteiger charge is -2.10. The van der Waals surface area contributed by atoms with E-state index in [9.17, 15) is 0 Å². The van der Waals surface area contributed by atoms with Crippen molar-refractivity contribution in [2.75, 3.05) is 0 Å². The van der Waals surface area contributed by atoms with Gasteiger partial charge in [0.15, 0.2) is 0 Å². The molecule has 1 heterocycles. The van der Waals surface area contributed by atoms with Gasteiger partial charge in [0.05, 0.1) is 11.7 Å². The van der Waals surface area contributed by atoms with Gasteiger partial charge in [-0.05, 0) is 39.0 Å². The van der Waals surface area contributed by atoms with E-state index < -0.39 is 0 Å². The second kappa shape index (κ2) is 3.93. The summed E-state index contributed by atoms with van der Waals surface area (Å²) in [4.78, 5) is 0. The topological polar surface area (TPSA) is 17.8 Å². The number of halogens is 1. The van der Waals surface area contributed by atoms with Crippen LogP contribution in [-0.4, -0.2) is 9.78 Å². The molecule has 0 aromatic carbocycles. The maximum Gasteiger partial charge on any atom is 0.130 e. The minimum Gasteiger partial charge on any atom is -0.251 e. The monoisotopic (exact) mass is 212 g/mol. The average Bonchev–Trinajstić information content (AvgIpc) is 2.56. The normalized spacial score (nSPS) is 17.9. The van der Waals surface area contributed by atoms with Crippen LogP contribution in [-0.2, 0) is 12.8 Å². The molecule has 0 saturated carbocycles. The predicted molar refractivity (Wildman–Crippen MR) is 58.9 cm³/mol. The third-order valence-corrected chi connectivity index (χ3v) is 3.53. The van der Waals surface area contributed by atoms with E-state index in [0.717, 1.165) is 24.4 Å². The molecule has 0 saturated heterocycles. The van der Waals surface area contributed by atoms with Crippen molar-refractivity contribution in [2.24, 2.45) is 0 Å². The van der Waals surface area contributed by atoms with E-state index in [0.29, 0.717) is 6.04 Å². The molecule has 1 atom stereocenters. The highest BCUT2D eigenvalue weighted by molar-refractivity contribution is 6.30. The standard InChI is InChI=1S/C11H17ClN2/c1-3-8(2)14-11(12)9-6-4-5-7-10(9)13-14/h8H,3-7H2,1-2H3. The van der Waals surface area contributed by atoms with Gasteiger partial charge < -0.3 is 0 Å². The van der Waals surface area contributed by atoms with E-state index >= 15 is 0 Å². The van der Waals surface area contributed by atoms with E-state index in [4.69, 9.17) is 11.6 Å². The predicted octanol–water partition coefficient (Wildman–Crippen LogP) is 3.39. The Labute approximate surface area is 90.3 Å². The quantitative estimate of drug-likeness (QED) is 0.735. The third kappa shape index (κ3) is 1.56. The Kier molecular flexibility index (Phi) is 2.82. The largest absolute Gasteiger partial charge is 0.251 e. The highest BCUT2D eigenvalue weighted by Crippen LogP contribution is 2.30. The molecule has 1 aromatic heterocycles. The van der Waals surface area contributed by atoms with Gasteiger partial charge in [-0.1, -0.05) is 18.5 Å². The summed E-state index contributed by atoms with van der Waals surface area (Å²) >= 11 is 6.32. The summed E-state index contributed by atoms with van der Waals surface area (Å²) in [5.41, 5.74) is 2.54. The van der Waals surface area contributed by atoms with Crippen LogP contribution in [0.5, 0.6) is 0 Å². The molecule has 1 aromatic rings. The van der Waals surface area contributed by atoms with Crippen molar-refractivity contribution in [3.63, 3.8) is 0 Å². The van der Waals surface area contributed by atoms with Gasteiger partial charge in [0, 0.05) is 5.56 Å². The fraction of sp³-hybridized carbons (Fsp3) is 0.727. The summed E-state index contributed by atoms with van der Waals surface area (Å²) in [6.07, 6.45) is 5.84. The van der Waals surface area contributed by atoms with Crippen molar-refractivity contribution in [1.82, 2.24) is 9.78 Å². The minimum absolute atomic E-state index is 0.424. The zero-order chi connectivity index (χ0) is 10.1. The molecule has 2 rings (SSSR count). The summed E-state index contributed by atoms with van der Waals surface area (Å²) in [5.74, 6) is 0. The van der Waals surface area contributed by atoms with E-state index in [1.807, 2.05) is 4.68 Å². The van der Waals surface area contributed by atoms with Crippen LogP contribution < -0.4 is 0 Å². The average molecular weight is 213 g/mol. The molecule has 78 valence electrons. The second-order valence-electron chi connectivity index (χ2n) is 4.13. The molecule has 0 amide bonds. The van der Waals surface area contributed by atoms with Crippen molar-refractivity contribution in [3.05, 3.63) is 16.4 Å². The smallest absolute Gasteiger partial charge is 0.130 e. The van der Waals surface area contributed by atoms with Crippen LogP contribution >= 0.6 is 11.6 Å². The Bertz CT molecular complexity index is 330. The van der Waals surface area contributed by atoms with Crippen molar-refractivity contribution >= 4 is 11.6 Å². The molecule has 3 heteroatoms. The minimum atomic E-state index is 0.424. The zero-order valence-electron chi connectivity index (χ0n) is 8.89. The second-order valence-corrected chi connectivity index (χ2v) is 4.48. The van der Waals surface area contributed by atoms with Gasteiger partial charge in [0.2, 0.25) is 0 Å². The third-order valence-electron chi connectivity index (χ3n) is 3.13. The number of hydrogen-bond acceptors (Lipinski definition) is 1. The first-order chi connectivity index (χ1) is 6.74. The van der Waals surface area contributed by atoms with Crippen LogP contribution in [0.1, 0.15) is 50.4 Å². The van der Waals surface area contributed by atoms with Crippen LogP contribution in [0.2, 0.25) is 5.15 Å². The Hall–Kier alpha value is -0.500. The number of rotatable bonds is 2. The van der Waals surface area contributed by atoms with Gasteiger partial charge in [-0.3, -0.25) is 4.68 Å². The molecule has 0 fully saturated rings. The zero-order valence-corrected chi connectivity index (χ0v) is 9.64. The van der Waals surface area contributed by atoms with Gasteiger partial charge in [-0.25, -0.2) is 0 Å². The molecule has 1 aliphatic carbocycles. The van der Waals surface area contributed by atoms with Gasteiger partial charge in [-0.15, -0.1) is 0 Å². The number of nitrogens with zero attached hydrogens (tertiary/aromatic N) is 2. The van der Waals surface area contributed by atoms with Crippen LogP contribution in [0.3, 0.4) is 0 Å². The molecule has 1 unspecified atom stereocenters. The number of fused-ring (bicyclic) bond motifs is 1. The fourth-order valence-electron chi connectivity index (χ4n) is 2.00. The molecule has 0 bridgehead atoms. The molecule has 0 spiro atoms. The maximum absolute atomic E-state index is 6.32. The lowest BCUT2D eigenvalue weighted by Crippen LogP contribution is -2.06. The summed E-state index contributed by atoms with van der Waals surface area (Å²) < 4.78 is 2.00.